The quantitative estimate of drug-likeness (QED) is 0.517. The Morgan fingerprint density at radius 3 is 2.15 bits per heavy atom. The summed E-state index contributed by atoms with van der Waals surface area (Å²) >= 11 is 1.59. The van der Waals surface area contributed by atoms with Gasteiger partial charge in [-0.1, -0.05) is 50.3 Å². The van der Waals surface area contributed by atoms with Crippen LogP contribution in [0.4, 0.5) is 0 Å². The van der Waals surface area contributed by atoms with Crippen LogP contribution >= 0.6 is 11.8 Å². The molecule has 0 aliphatic heterocycles. The predicted molar refractivity (Wildman–Crippen MR) is 104 cm³/mol. The van der Waals surface area contributed by atoms with Gasteiger partial charge in [0.25, 0.3) is 0 Å². The Hall–Kier alpha value is -1.11. The average Bonchev–Trinajstić information content (AvgIpc) is 3.20. The second-order valence-corrected chi connectivity index (χ2v) is 9.05. The van der Waals surface area contributed by atoms with E-state index >= 15 is 0 Å². The molecule has 6 nitrogen and oxygen atoms in total. The first-order valence-electron chi connectivity index (χ1n) is 10.5. The number of H-pyrrole nitrogens is 1. The average molecular weight is 380 g/mol. The molecule has 2 fully saturated rings. The highest BCUT2D eigenvalue weighted by atomic mass is 32.2. The number of nitrogens with one attached hydrogen (secondary N) is 1. The Morgan fingerprint density at radius 1 is 1.00 bits per heavy atom. The van der Waals surface area contributed by atoms with Gasteiger partial charge in [0, 0.05) is 25.3 Å². The molecule has 2 saturated carbocycles. The van der Waals surface area contributed by atoms with Crippen molar-refractivity contribution in [3.05, 3.63) is 0 Å². The fourth-order valence-electron chi connectivity index (χ4n) is 4.40. The number of tetrazole rings is 1. The van der Waals surface area contributed by atoms with Crippen LogP contribution in [-0.2, 0) is 4.79 Å². The number of nitrogens with zero attached hydrogens (tertiary/aromatic N) is 4. The molecule has 146 valence electrons. The summed E-state index contributed by atoms with van der Waals surface area (Å²) in [6.07, 6.45) is 14.9. The normalized spacial score (nSPS) is 19.5. The molecule has 26 heavy (non-hydrogen) atoms. The zero-order chi connectivity index (χ0) is 18.0. The van der Waals surface area contributed by atoms with Gasteiger partial charge < -0.3 is 4.90 Å². The molecule has 0 aromatic carbocycles. The number of hydrogen-bond acceptors (Lipinski definition) is 5. The third-order valence-electron chi connectivity index (χ3n) is 5.86. The van der Waals surface area contributed by atoms with Gasteiger partial charge in [0.1, 0.15) is 0 Å². The molecule has 1 aromatic rings. The van der Waals surface area contributed by atoms with Crippen molar-refractivity contribution in [2.24, 2.45) is 11.8 Å². The molecule has 7 heteroatoms. The van der Waals surface area contributed by atoms with E-state index in [0.29, 0.717) is 12.3 Å². The molecule has 0 atom stereocenters. The summed E-state index contributed by atoms with van der Waals surface area (Å²) in [6.45, 7) is 1.99. The van der Waals surface area contributed by atoms with Gasteiger partial charge in [-0.2, -0.15) is 0 Å². The Balaban J connectivity index is 1.46. The number of aromatic amines is 1. The van der Waals surface area contributed by atoms with Gasteiger partial charge in [-0.3, -0.25) is 4.79 Å². The molecule has 0 unspecified atom stereocenters. The second kappa shape index (κ2) is 10.9. The number of thioether (sulfide) groups is 1. The number of aromatic nitrogens is 4. The van der Waals surface area contributed by atoms with E-state index in [1.165, 1.54) is 64.2 Å². The number of hydrogen-bond donors (Lipinski definition) is 1. The van der Waals surface area contributed by atoms with Crippen molar-refractivity contribution in [2.75, 3.05) is 18.8 Å². The molecule has 0 bridgehead atoms. The van der Waals surface area contributed by atoms with Crippen LogP contribution in [0.1, 0.15) is 77.0 Å². The minimum Gasteiger partial charge on any atom is -0.342 e. The summed E-state index contributed by atoms with van der Waals surface area (Å²) in [5.74, 6) is 2.69. The maximum absolute atomic E-state index is 12.9. The highest BCUT2D eigenvalue weighted by molar-refractivity contribution is 7.99. The zero-order valence-corrected chi connectivity index (χ0v) is 16.7. The summed E-state index contributed by atoms with van der Waals surface area (Å²) in [5.41, 5.74) is 0. The van der Waals surface area contributed by atoms with Crippen molar-refractivity contribution in [3.8, 4) is 0 Å². The first-order chi connectivity index (χ1) is 12.8. The Morgan fingerprint density at radius 2 is 1.62 bits per heavy atom. The lowest BCUT2D eigenvalue weighted by molar-refractivity contribution is -0.132. The van der Waals surface area contributed by atoms with E-state index in [0.717, 1.165) is 42.3 Å². The summed E-state index contributed by atoms with van der Waals surface area (Å²) in [4.78, 5) is 15.1. The van der Waals surface area contributed by atoms with Crippen LogP contribution in [0.5, 0.6) is 0 Å². The van der Waals surface area contributed by atoms with Crippen molar-refractivity contribution in [1.29, 1.82) is 0 Å². The molecule has 1 amide bonds. The van der Waals surface area contributed by atoms with Gasteiger partial charge in [0.2, 0.25) is 11.1 Å². The fraction of sp³-hybridized carbons (Fsp3) is 0.895. The van der Waals surface area contributed by atoms with Crippen LogP contribution in [0, 0.1) is 11.8 Å². The first kappa shape index (κ1) is 19.6. The number of carbonyl (C=O) groups excluding carboxylic acids is 1. The first-order valence-corrected chi connectivity index (χ1v) is 11.4. The highest BCUT2D eigenvalue weighted by Gasteiger charge is 2.24. The lowest BCUT2D eigenvalue weighted by Gasteiger charge is -2.34. The van der Waals surface area contributed by atoms with Crippen LogP contribution in [0.15, 0.2) is 5.16 Å². The monoisotopic (exact) mass is 379 g/mol. The maximum atomic E-state index is 12.9. The molecule has 0 saturated heterocycles. The molecule has 1 N–H and O–H groups in total. The molecule has 3 rings (SSSR count). The van der Waals surface area contributed by atoms with E-state index in [2.05, 4.69) is 25.5 Å². The van der Waals surface area contributed by atoms with E-state index in [1.54, 1.807) is 11.8 Å². The Kier molecular flexibility index (Phi) is 8.24. The van der Waals surface area contributed by atoms with Crippen LogP contribution in [-0.4, -0.2) is 50.3 Å². The summed E-state index contributed by atoms with van der Waals surface area (Å²) in [5, 5.41) is 14.5. The van der Waals surface area contributed by atoms with E-state index in [4.69, 9.17) is 0 Å². The van der Waals surface area contributed by atoms with Crippen LogP contribution in [0.25, 0.3) is 0 Å². The minimum absolute atomic E-state index is 0.359. The number of amides is 1. The van der Waals surface area contributed by atoms with Crippen LogP contribution in [0.3, 0.4) is 0 Å². The lowest BCUT2D eigenvalue weighted by atomic mass is 9.86. The van der Waals surface area contributed by atoms with Crippen molar-refractivity contribution in [2.45, 2.75) is 82.2 Å². The van der Waals surface area contributed by atoms with E-state index < -0.39 is 0 Å². The van der Waals surface area contributed by atoms with Crippen molar-refractivity contribution < 1.29 is 4.79 Å². The molecule has 0 radical (unpaired) electrons. The number of carbonyl (C=O) groups is 1. The molecular formula is C19H33N5OS. The second-order valence-electron chi connectivity index (χ2n) is 7.97. The summed E-state index contributed by atoms with van der Waals surface area (Å²) in [7, 11) is 0. The van der Waals surface area contributed by atoms with Gasteiger partial charge >= 0.3 is 0 Å². The SMILES string of the molecule is O=C(CCCSc1nnn[nH]1)N(CC1CCCCC1)CC1CCCCC1. The third-order valence-corrected chi connectivity index (χ3v) is 6.80. The summed E-state index contributed by atoms with van der Waals surface area (Å²) < 4.78 is 0. The lowest BCUT2D eigenvalue weighted by Crippen LogP contribution is -2.39. The van der Waals surface area contributed by atoms with E-state index in [1.807, 2.05) is 0 Å². The van der Waals surface area contributed by atoms with Crippen molar-refractivity contribution in [3.63, 3.8) is 0 Å². The van der Waals surface area contributed by atoms with Gasteiger partial charge in [-0.25, -0.2) is 5.10 Å². The standard InChI is InChI=1S/C19H33N5OS/c25-18(12-7-13-26-19-20-22-23-21-19)24(14-16-8-3-1-4-9-16)15-17-10-5-2-6-11-17/h16-17H,1-15H2,(H,20,21,22,23). The molecule has 1 aromatic heterocycles. The molecular weight excluding hydrogens is 346 g/mol. The number of rotatable bonds is 9. The van der Waals surface area contributed by atoms with Gasteiger partial charge in [-0.15, -0.1) is 5.10 Å². The highest BCUT2D eigenvalue weighted by Crippen LogP contribution is 2.28. The molecule has 2 aliphatic carbocycles. The Labute approximate surface area is 161 Å². The molecule has 2 aliphatic rings. The van der Waals surface area contributed by atoms with Crippen molar-refractivity contribution >= 4 is 17.7 Å². The van der Waals surface area contributed by atoms with E-state index in [-0.39, 0.29) is 0 Å². The molecule has 1 heterocycles. The van der Waals surface area contributed by atoms with Crippen LogP contribution in [0.2, 0.25) is 0 Å². The third kappa shape index (κ3) is 6.56. The van der Waals surface area contributed by atoms with Gasteiger partial charge in [0.05, 0.1) is 0 Å². The fourth-order valence-corrected chi connectivity index (χ4v) is 5.08. The Bertz CT molecular complexity index is 492. The zero-order valence-electron chi connectivity index (χ0n) is 15.9. The van der Waals surface area contributed by atoms with Crippen molar-refractivity contribution in [1.82, 2.24) is 25.5 Å². The maximum Gasteiger partial charge on any atom is 0.222 e. The molecule has 0 spiro atoms. The summed E-state index contributed by atoms with van der Waals surface area (Å²) in [6, 6.07) is 0. The van der Waals surface area contributed by atoms with E-state index in [9.17, 15) is 4.79 Å². The van der Waals surface area contributed by atoms with Gasteiger partial charge in [0.15, 0.2) is 0 Å². The predicted octanol–water partition coefficient (Wildman–Crippen LogP) is 4.06. The minimum atomic E-state index is 0.359. The van der Waals surface area contributed by atoms with Gasteiger partial charge in [-0.05, 0) is 54.4 Å². The smallest absolute Gasteiger partial charge is 0.222 e. The topological polar surface area (TPSA) is 74.8 Å². The largest absolute Gasteiger partial charge is 0.342 e. The van der Waals surface area contributed by atoms with Crippen LogP contribution < -0.4 is 0 Å².